The van der Waals surface area contributed by atoms with Crippen molar-refractivity contribution in [3.05, 3.63) is 42.1 Å². The molecule has 0 amide bonds. The van der Waals surface area contributed by atoms with Gasteiger partial charge in [0, 0.05) is 35.2 Å². The molecule has 21 heavy (non-hydrogen) atoms. The Hall–Kier alpha value is -1.94. The largest absolute Gasteiger partial charge is 0.356 e. The van der Waals surface area contributed by atoms with E-state index in [0.717, 1.165) is 29.7 Å². The summed E-state index contributed by atoms with van der Waals surface area (Å²) in [6.45, 7) is 0. The molecule has 2 aromatic rings. The first-order valence-corrected chi connectivity index (χ1v) is 7.61. The van der Waals surface area contributed by atoms with Crippen LogP contribution in [0.15, 0.2) is 41.1 Å². The molecule has 0 spiro atoms. The second-order valence-corrected chi connectivity index (χ2v) is 6.12. The van der Waals surface area contributed by atoms with E-state index in [1.54, 1.807) is 6.20 Å². The number of hydrogen-bond acceptors (Lipinski definition) is 4. The number of ketones is 1. The number of Topliss-reactive ketones (excluding diaryl/α,β-unsaturated/α-hetero) is 1. The average Bonchev–Trinajstić information content (AvgIpc) is 3.17. The molecule has 2 aliphatic heterocycles. The summed E-state index contributed by atoms with van der Waals surface area (Å²) in [6.07, 6.45) is 6.04. The van der Waals surface area contributed by atoms with Crippen LogP contribution in [0.5, 0.6) is 0 Å². The Balaban J connectivity index is 1.52. The predicted octanol–water partition coefficient (Wildman–Crippen LogP) is 3.05. The Morgan fingerprint density at radius 1 is 1.10 bits per heavy atom. The molecule has 108 valence electrons. The third-order valence-electron chi connectivity index (χ3n) is 4.74. The van der Waals surface area contributed by atoms with Gasteiger partial charge in [0.2, 0.25) is 0 Å². The average molecular weight is 282 g/mol. The van der Waals surface area contributed by atoms with Crippen molar-refractivity contribution in [3.63, 3.8) is 0 Å². The summed E-state index contributed by atoms with van der Waals surface area (Å²) in [6, 6.07) is 10.6. The molecule has 4 nitrogen and oxygen atoms in total. The molecule has 1 aromatic carbocycles. The van der Waals surface area contributed by atoms with Crippen molar-refractivity contribution in [2.24, 2.45) is 5.92 Å². The van der Waals surface area contributed by atoms with Gasteiger partial charge in [-0.1, -0.05) is 29.4 Å². The third-order valence-corrected chi connectivity index (χ3v) is 4.74. The highest BCUT2D eigenvalue weighted by Gasteiger charge is 2.36. The number of carbonyl (C=O) groups excluding carboxylic acids is 1. The van der Waals surface area contributed by atoms with Crippen molar-refractivity contribution in [2.75, 3.05) is 0 Å². The second kappa shape index (κ2) is 5.11. The van der Waals surface area contributed by atoms with Gasteiger partial charge in [0.25, 0.3) is 0 Å². The maximum atomic E-state index is 12.7. The topological polar surface area (TPSA) is 55.1 Å². The highest BCUT2D eigenvalue weighted by Crippen LogP contribution is 2.33. The normalized spacial score (nSPS) is 27.7. The van der Waals surface area contributed by atoms with E-state index in [1.165, 1.54) is 12.8 Å². The summed E-state index contributed by atoms with van der Waals surface area (Å²) in [4.78, 5) is 12.7. The number of nitrogens with zero attached hydrogens (tertiary/aromatic N) is 1. The van der Waals surface area contributed by atoms with Gasteiger partial charge in [0.15, 0.2) is 11.5 Å². The molecular formula is C17H18N2O2. The summed E-state index contributed by atoms with van der Waals surface area (Å²) in [5.74, 6) is 1.20. The van der Waals surface area contributed by atoms with E-state index >= 15 is 0 Å². The highest BCUT2D eigenvalue weighted by atomic mass is 16.5. The Bertz CT molecular complexity index is 621. The van der Waals surface area contributed by atoms with Gasteiger partial charge < -0.3 is 9.84 Å². The number of piperidine rings is 1. The van der Waals surface area contributed by atoms with Crippen LogP contribution in [-0.4, -0.2) is 23.0 Å². The number of rotatable bonds is 3. The van der Waals surface area contributed by atoms with Gasteiger partial charge in [0.1, 0.15) is 0 Å². The van der Waals surface area contributed by atoms with Crippen LogP contribution in [-0.2, 0) is 0 Å². The zero-order chi connectivity index (χ0) is 14.2. The lowest BCUT2D eigenvalue weighted by Crippen LogP contribution is -2.40. The maximum Gasteiger partial charge on any atom is 0.166 e. The van der Waals surface area contributed by atoms with Crippen LogP contribution in [0.25, 0.3) is 11.3 Å². The highest BCUT2D eigenvalue weighted by molar-refractivity contribution is 5.98. The lowest BCUT2D eigenvalue weighted by Gasteiger charge is -2.28. The molecular weight excluding hydrogens is 264 g/mol. The smallest absolute Gasteiger partial charge is 0.166 e. The Morgan fingerprint density at radius 2 is 1.81 bits per heavy atom. The van der Waals surface area contributed by atoms with Crippen LogP contribution >= 0.6 is 0 Å². The van der Waals surface area contributed by atoms with Gasteiger partial charge in [0.05, 0.1) is 6.20 Å². The van der Waals surface area contributed by atoms with Gasteiger partial charge in [-0.25, -0.2) is 0 Å². The number of aromatic nitrogens is 1. The zero-order valence-corrected chi connectivity index (χ0v) is 11.8. The first-order chi connectivity index (χ1) is 10.3. The standard InChI is InChI=1S/C17H18N2O2/c20-17(13-9-14-5-6-15(10-13)19-14)12-3-1-11(2-4-12)16-7-8-18-21-16/h1-4,7-8,13-15,19H,5-6,9-10H2. The van der Waals surface area contributed by atoms with E-state index in [0.29, 0.717) is 12.1 Å². The molecule has 4 heteroatoms. The molecule has 2 bridgehead atoms. The second-order valence-electron chi connectivity index (χ2n) is 6.12. The van der Waals surface area contributed by atoms with Crippen LogP contribution < -0.4 is 5.32 Å². The number of nitrogens with one attached hydrogen (secondary N) is 1. The summed E-state index contributed by atoms with van der Waals surface area (Å²) >= 11 is 0. The molecule has 0 aliphatic carbocycles. The Morgan fingerprint density at radius 3 is 2.43 bits per heavy atom. The Kier molecular flexibility index (Phi) is 3.11. The third kappa shape index (κ3) is 2.40. The van der Waals surface area contributed by atoms with Crippen LogP contribution in [0.2, 0.25) is 0 Å². The van der Waals surface area contributed by atoms with Crippen molar-refractivity contribution in [1.82, 2.24) is 10.5 Å². The predicted molar refractivity (Wildman–Crippen MR) is 78.9 cm³/mol. The minimum atomic E-state index is 0.180. The molecule has 0 saturated carbocycles. The lowest BCUT2D eigenvalue weighted by molar-refractivity contribution is 0.0875. The molecule has 4 rings (SSSR count). The monoisotopic (exact) mass is 282 g/mol. The van der Waals surface area contributed by atoms with Crippen LogP contribution in [0.3, 0.4) is 0 Å². The zero-order valence-electron chi connectivity index (χ0n) is 11.8. The van der Waals surface area contributed by atoms with Crippen molar-refractivity contribution in [1.29, 1.82) is 0 Å². The van der Waals surface area contributed by atoms with Crippen LogP contribution in [0.1, 0.15) is 36.0 Å². The van der Waals surface area contributed by atoms with Crippen molar-refractivity contribution < 1.29 is 9.32 Å². The van der Waals surface area contributed by atoms with Crippen molar-refractivity contribution >= 4 is 5.78 Å². The van der Waals surface area contributed by atoms with E-state index in [2.05, 4.69) is 10.5 Å². The van der Waals surface area contributed by atoms with E-state index < -0.39 is 0 Å². The quantitative estimate of drug-likeness (QED) is 0.879. The van der Waals surface area contributed by atoms with E-state index in [-0.39, 0.29) is 11.7 Å². The van der Waals surface area contributed by atoms with Crippen LogP contribution in [0.4, 0.5) is 0 Å². The fourth-order valence-corrected chi connectivity index (χ4v) is 3.67. The Labute approximate surface area is 123 Å². The fourth-order valence-electron chi connectivity index (χ4n) is 3.67. The first-order valence-electron chi connectivity index (χ1n) is 7.61. The first kappa shape index (κ1) is 12.8. The van der Waals surface area contributed by atoms with E-state index in [1.807, 2.05) is 30.3 Å². The van der Waals surface area contributed by atoms with Gasteiger partial charge in [-0.05, 0) is 25.7 Å². The molecule has 1 aromatic heterocycles. The summed E-state index contributed by atoms with van der Waals surface area (Å²) in [5.41, 5.74) is 1.76. The van der Waals surface area contributed by atoms with Crippen LogP contribution in [0, 0.1) is 5.92 Å². The van der Waals surface area contributed by atoms with Gasteiger partial charge in [-0.3, -0.25) is 4.79 Å². The lowest BCUT2D eigenvalue weighted by atomic mass is 9.86. The number of benzene rings is 1. The van der Waals surface area contributed by atoms with Gasteiger partial charge >= 0.3 is 0 Å². The van der Waals surface area contributed by atoms with E-state index in [4.69, 9.17) is 4.52 Å². The molecule has 2 fully saturated rings. The molecule has 2 saturated heterocycles. The summed E-state index contributed by atoms with van der Waals surface area (Å²) in [7, 11) is 0. The number of carbonyl (C=O) groups is 1. The molecule has 0 radical (unpaired) electrons. The molecule has 3 heterocycles. The number of hydrogen-bond donors (Lipinski definition) is 1. The minimum Gasteiger partial charge on any atom is -0.356 e. The maximum absolute atomic E-state index is 12.7. The van der Waals surface area contributed by atoms with Gasteiger partial charge in [-0.15, -0.1) is 0 Å². The SMILES string of the molecule is O=C(c1ccc(-c2ccno2)cc1)C1CC2CCC(C1)N2. The molecule has 2 atom stereocenters. The van der Waals surface area contributed by atoms with E-state index in [9.17, 15) is 4.79 Å². The molecule has 2 unspecified atom stereocenters. The molecule has 1 N–H and O–H groups in total. The summed E-state index contributed by atoms with van der Waals surface area (Å²) in [5, 5.41) is 7.29. The fraction of sp³-hybridized carbons (Fsp3) is 0.412. The number of fused-ring (bicyclic) bond motifs is 2. The molecule has 2 aliphatic rings. The van der Waals surface area contributed by atoms with Crippen molar-refractivity contribution in [2.45, 2.75) is 37.8 Å². The van der Waals surface area contributed by atoms with Crippen molar-refractivity contribution in [3.8, 4) is 11.3 Å². The van der Waals surface area contributed by atoms with Gasteiger partial charge in [-0.2, -0.15) is 0 Å². The summed E-state index contributed by atoms with van der Waals surface area (Å²) < 4.78 is 5.13. The minimum absolute atomic E-state index is 0.180.